The molecule has 0 aliphatic rings. The summed E-state index contributed by atoms with van der Waals surface area (Å²) in [6.45, 7) is 6.74. The lowest BCUT2D eigenvalue weighted by atomic mass is 9.82. The number of hydrogen-bond donors (Lipinski definition) is 0. The Labute approximate surface area is 185 Å². The van der Waals surface area contributed by atoms with E-state index in [1.165, 1.54) is 16.3 Å². The molecule has 156 valence electrons. The smallest absolute Gasteiger partial charge is 0.225 e. The first-order valence-electron chi connectivity index (χ1n) is 10.7. The minimum atomic E-state index is 0.00348. The Balaban J connectivity index is 1.56. The minimum Gasteiger partial charge on any atom is -0.454 e. The number of furan rings is 2. The normalized spacial score (nSPS) is 12.2. The average Bonchev–Trinajstić information content (AvgIpc) is 3.43. The second-order valence-corrected chi connectivity index (χ2v) is 9.22. The molecular formula is C28H22N2O2. The number of benzene rings is 2. The van der Waals surface area contributed by atoms with Crippen molar-refractivity contribution in [1.82, 2.24) is 9.97 Å². The summed E-state index contributed by atoms with van der Waals surface area (Å²) in [4.78, 5) is 9.13. The third-order valence-corrected chi connectivity index (χ3v) is 5.97. The first-order valence-corrected chi connectivity index (χ1v) is 10.7. The van der Waals surface area contributed by atoms with Gasteiger partial charge in [0.15, 0.2) is 5.58 Å². The van der Waals surface area contributed by atoms with E-state index in [1.807, 2.05) is 24.4 Å². The molecule has 0 N–H and O–H groups in total. The third-order valence-electron chi connectivity index (χ3n) is 5.97. The van der Waals surface area contributed by atoms with Crippen LogP contribution in [-0.2, 0) is 5.41 Å². The monoisotopic (exact) mass is 418 g/mol. The topological polar surface area (TPSA) is 52.1 Å². The Bertz CT molecular complexity index is 1620. The molecule has 32 heavy (non-hydrogen) atoms. The predicted molar refractivity (Wildman–Crippen MR) is 129 cm³/mol. The molecule has 4 aromatic heterocycles. The molecule has 0 saturated carbocycles. The van der Waals surface area contributed by atoms with Crippen LogP contribution in [0.5, 0.6) is 0 Å². The van der Waals surface area contributed by atoms with Gasteiger partial charge in [-0.25, -0.2) is 4.98 Å². The lowest BCUT2D eigenvalue weighted by Gasteiger charge is -2.22. The molecule has 0 aliphatic heterocycles. The predicted octanol–water partition coefficient (Wildman–Crippen LogP) is 7.75. The first kappa shape index (κ1) is 18.8. The van der Waals surface area contributed by atoms with Gasteiger partial charge in [-0.05, 0) is 58.1 Å². The molecule has 4 nitrogen and oxygen atoms in total. The quantitative estimate of drug-likeness (QED) is 0.288. The fraction of sp³-hybridized carbons (Fsp3) is 0.143. The van der Waals surface area contributed by atoms with Crippen LogP contribution in [0, 0.1) is 0 Å². The lowest BCUT2D eigenvalue weighted by molar-refractivity contribution is 0.596. The van der Waals surface area contributed by atoms with Gasteiger partial charge in [0.2, 0.25) is 5.71 Å². The second kappa shape index (κ2) is 6.79. The average molecular weight is 418 g/mol. The van der Waals surface area contributed by atoms with Crippen LogP contribution >= 0.6 is 0 Å². The number of rotatable bonds is 2. The Kier molecular flexibility index (Phi) is 3.99. The summed E-state index contributed by atoms with van der Waals surface area (Å²) in [7, 11) is 0. The summed E-state index contributed by atoms with van der Waals surface area (Å²) in [5.74, 6) is 0.765. The van der Waals surface area contributed by atoms with Crippen molar-refractivity contribution < 1.29 is 8.83 Å². The molecule has 6 rings (SSSR count). The molecule has 6 aromatic rings. The highest BCUT2D eigenvalue weighted by Gasteiger charge is 2.20. The number of fused-ring (bicyclic) bond motifs is 3. The van der Waals surface area contributed by atoms with Crippen LogP contribution in [0.25, 0.3) is 55.4 Å². The van der Waals surface area contributed by atoms with Gasteiger partial charge in [0.1, 0.15) is 11.5 Å². The lowest BCUT2D eigenvalue weighted by Crippen LogP contribution is -2.12. The van der Waals surface area contributed by atoms with Crippen molar-refractivity contribution in [3.8, 4) is 22.6 Å². The van der Waals surface area contributed by atoms with Crippen molar-refractivity contribution in [2.45, 2.75) is 26.2 Å². The number of aromatic nitrogens is 2. The van der Waals surface area contributed by atoms with Gasteiger partial charge in [-0.3, -0.25) is 4.98 Å². The summed E-state index contributed by atoms with van der Waals surface area (Å²) >= 11 is 0. The number of pyridine rings is 2. The maximum Gasteiger partial charge on any atom is 0.225 e. The van der Waals surface area contributed by atoms with Crippen LogP contribution in [0.1, 0.15) is 26.3 Å². The molecule has 0 aliphatic carbocycles. The van der Waals surface area contributed by atoms with E-state index in [-0.39, 0.29) is 5.41 Å². The molecule has 4 heteroatoms. The summed E-state index contributed by atoms with van der Waals surface area (Å²) in [5, 5.41) is 4.44. The summed E-state index contributed by atoms with van der Waals surface area (Å²) in [6, 6.07) is 21.0. The van der Waals surface area contributed by atoms with Crippen LogP contribution < -0.4 is 0 Å². The van der Waals surface area contributed by atoms with E-state index in [0.717, 1.165) is 38.9 Å². The van der Waals surface area contributed by atoms with Crippen LogP contribution in [0.4, 0.5) is 0 Å². The van der Waals surface area contributed by atoms with Crippen molar-refractivity contribution in [2.75, 3.05) is 0 Å². The van der Waals surface area contributed by atoms with Gasteiger partial charge in [0.05, 0.1) is 6.26 Å². The van der Waals surface area contributed by atoms with Gasteiger partial charge in [-0.15, -0.1) is 0 Å². The van der Waals surface area contributed by atoms with Gasteiger partial charge in [-0.1, -0.05) is 45.0 Å². The molecule has 0 bridgehead atoms. The van der Waals surface area contributed by atoms with E-state index in [2.05, 4.69) is 68.2 Å². The highest BCUT2D eigenvalue weighted by Crippen LogP contribution is 2.38. The molecule has 0 atom stereocenters. The van der Waals surface area contributed by atoms with Crippen LogP contribution in [0.2, 0.25) is 0 Å². The van der Waals surface area contributed by atoms with Gasteiger partial charge >= 0.3 is 0 Å². The Morgan fingerprint density at radius 1 is 0.781 bits per heavy atom. The highest BCUT2D eigenvalue weighted by molar-refractivity contribution is 5.97. The fourth-order valence-electron chi connectivity index (χ4n) is 4.37. The standard InChI is InChI=1S/C28H22N2O2/c1-28(2,3)23-14-20(12-17-6-4-5-7-22(17)23)25-26-18(8-10-29-25)15-24(32-26)21-13-19-9-11-31-27(19)30-16-21/h4-16H,1-3H3. The van der Waals surface area contributed by atoms with Crippen molar-refractivity contribution in [1.29, 1.82) is 0 Å². The third kappa shape index (κ3) is 2.99. The van der Waals surface area contributed by atoms with E-state index in [0.29, 0.717) is 5.71 Å². The van der Waals surface area contributed by atoms with E-state index in [4.69, 9.17) is 13.8 Å². The maximum absolute atomic E-state index is 6.37. The van der Waals surface area contributed by atoms with Crippen molar-refractivity contribution >= 4 is 32.8 Å². The van der Waals surface area contributed by atoms with E-state index >= 15 is 0 Å². The summed E-state index contributed by atoms with van der Waals surface area (Å²) < 4.78 is 11.7. The largest absolute Gasteiger partial charge is 0.454 e. The van der Waals surface area contributed by atoms with Gasteiger partial charge in [-0.2, -0.15) is 0 Å². The van der Waals surface area contributed by atoms with Crippen molar-refractivity contribution in [3.63, 3.8) is 0 Å². The molecule has 4 heterocycles. The molecule has 2 aromatic carbocycles. The Morgan fingerprint density at radius 3 is 2.50 bits per heavy atom. The maximum atomic E-state index is 6.37. The summed E-state index contributed by atoms with van der Waals surface area (Å²) in [5.41, 5.74) is 5.53. The van der Waals surface area contributed by atoms with Gasteiger partial charge in [0, 0.05) is 34.3 Å². The zero-order valence-electron chi connectivity index (χ0n) is 18.2. The van der Waals surface area contributed by atoms with Crippen LogP contribution in [0.3, 0.4) is 0 Å². The van der Waals surface area contributed by atoms with Gasteiger partial charge in [0.25, 0.3) is 0 Å². The molecule has 0 radical (unpaired) electrons. The summed E-state index contributed by atoms with van der Waals surface area (Å²) in [6.07, 6.45) is 5.28. The van der Waals surface area contributed by atoms with Crippen LogP contribution in [0.15, 0.2) is 88.2 Å². The molecule has 0 saturated heterocycles. The molecule has 0 unspecified atom stereocenters. The van der Waals surface area contributed by atoms with E-state index < -0.39 is 0 Å². The first-order chi connectivity index (χ1) is 15.5. The zero-order valence-corrected chi connectivity index (χ0v) is 18.2. The molecule has 0 fully saturated rings. The fourth-order valence-corrected chi connectivity index (χ4v) is 4.37. The highest BCUT2D eigenvalue weighted by atomic mass is 16.3. The van der Waals surface area contributed by atoms with Crippen molar-refractivity contribution in [3.05, 3.63) is 84.9 Å². The molecule has 0 amide bonds. The number of hydrogen-bond acceptors (Lipinski definition) is 4. The SMILES string of the molecule is CC(C)(C)c1cc(-c2nccc3cc(-c4cnc5occc5c4)oc23)cc2ccccc12. The molecular weight excluding hydrogens is 396 g/mol. The number of nitrogens with zero attached hydrogens (tertiary/aromatic N) is 2. The van der Waals surface area contributed by atoms with Crippen LogP contribution in [-0.4, -0.2) is 9.97 Å². The molecule has 0 spiro atoms. The Morgan fingerprint density at radius 2 is 1.62 bits per heavy atom. The van der Waals surface area contributed by atoms with Crippen molar-refractivity contribution in [2.24, 2.45) is 0 Å². The second-order valence-electron chi connectivity index (χ2n) is 9.22. The Hall–Kier alpha value is -3.92. The zero-order chi connectivity index (χ0) is 21.9. The van der Waals surface area contributed by atoms with E-state index in [9.17, 15) is 0 Å². The van der Waals surface area contributed by atoms with E-state index in [1.54, 1.807) is 12.5 Å². The van der Waals surface area contributed by atoms with Gasteiger partial charge < -0.3 is 8.83 Å². The minimum absolute atomic E-state index is 0.00348.